The highest BCUT2D eigenvalue weighted by Crippen LogP contribution is 2.25. The minimum Gasteiger partial charge on any atom is -0.480 e. The van der Waals surface area contributed by atoms with E-state index in [2.05, 4.69) is 11.9 Å². The number of aromatic hydroxyl groups is 1. The summed E-state index contributed by atoms with van der Waals surface area (Å²) in [4.78, 5) is 3.95. The van der Waals surface area contributed by atoms with Gasteiger partial charge in [0.05, 0.1) is 11.9 Å². The second-order valence-electron chi connectivity index (χ2n) is 3.96. The smallest absolute Gasteiger partial charge is 0.294 e. The Hall–Kier alpha value is -1.48. The average Bonchev–Trinajstić information content (AvgIpc) is 2.69. The van der Waals surface area contributed by atoms with E-state index in [0.717, 1.165) is 30.6 Å². The lowest BCUT2D eigenvalue weighted by Crippen LogP contribution is -1.99. The zero-order valence-corrected chi connectivity index (χ0v) is 10.5. The number of nitrogens with zero attached hydrogens (tertiary/aromatic N) is 2. The normalized spacial score (nSPS) is 10.7. The van der Waals surface area contributed by atoms with Gasteiger partial charge in [0.1, 0.15) is 0 Å². The molecule has 0 saturated heterocycles. The van der Waals surface area contributed by atoms with Crippen molar-refractivity contribution in [1.82, 2.24) is 9.55 Å². The van der Waals surface area contributed by atoms with Crippen LogP contribution >= 0.6 is 11.6 Å². The van der Waals surface area contributed by atoms with Crippen molar-refractivity contribution in [2.24, 2.45) is 0 Å². The van der Waals surface area contributed by atoms with Gasteiger partial charge in [-0.25, -0.2) is 4.98 Å². The first-order valence-corrected chi connectivity index (χ1v) is 6.10. The molecule has 0 spiro atoms. The van der Waals surface area contributed by atoms with Gasteiger partial charge in [-0.2, -0.15) is 0 Å². The number of halogens is 1. The Morgan fingerprint density at radius 1 is 1.29 bits per heavy atom. The summed E-state index contributed by atoms with van der Waals surface area (Å²) in [5, 5.41) is 10.4. The second-order valence-corrected chi connectivity index (χ2v) is 4.39. The third kappa shape index (κ3) is 2.61. The Kier molecular flexibility index (Phi) is 3.69. The average molecular weight is 251 g/mol. The van der Waals surface area contributed by atoms with Gasteiger partial charge in [0.2, 0.25) is 0 Å². The molecule has 0 atom stereocenters. The Morgan fingerprint density at radius 2 is 2.00 bits per heavy atom. The third-order valence-electron chi connectivity index (χ3n) is 2.71. The van der Waals surface area contributed by atoms with Crippen molar-refractivity contribution in [2.75, 3.05) is 0 Å². The van der Waals surface area contributed by atoms with Gasteiger partial charge in [0, 0.05) is 11.6 Å². The minimum absolute atomic E-state index is 0.0726. The number of unbranched alkanes of at least 4 members (excludes halogenated alkanes) is 1. The van der Waals surface area contributed by atoms with Crippen molar-refractivity contribution in [3.05, 3.63) is 35.5 Å². The van der Waals surface area contributed by atoms with E-state index in [-0.39, 0.29) is 6.01 Å². The maximum absolute atomic E-state index is 9.70. The monoisotopic (exact) mass is 250 g/mol. The first-order valence-electron chi connectivity index (χ1n) is 5.72. The van der Waals surface area contributed by atoms with Gasteiger partial charge in [0.25, 0.3) is 6.01 Å². The fourth-order valence-electron chi connectivity index (χ4n) is 1.75. The van der Waals surface area contributed by atoms with Gasteiger partial charge in [-0.15, -0.1) is 0 Å². The topological polar surface area (TPSA) is 38.0 Å². The van der Waals surface area contributed by atoms with Crippen LogP contribution < -0.4 is 0 Å². The van der Waals surface area contributed by atoms with Crippen molar-refractivity contribution in [1.29, 1.82) is 0 Å². The van der Waals surface area contributed by atoms with Crippen molar-refractivity contribution in [3.63, 3.8) is 0 Å². The van der Waals surface area contributed by atoms with Gasteiger partial charge in [-0.1, -0.05) is 37.1 Å². The van der Waals surface area contributed by atoms with Gasteiger partial charge in [-0.05, 0) is 24.1 Å². The van der Waals surface area contributed by atoms with Crippen LogP contribution in [0.25, 0.3) is 11.3 Å². The second kappa shape index (κ2) is 5.23. The summed E-state index contributed by atoms with van der Waals surface area (Å²) in [6.07, 6.45) is 3.79. The van der Waals surface area contributed by atoms with Gasteiger partial charge in [0.15, 0.2) is 0 Å². The number of hydrogen-bond acceptors (Lipinski definition) is 2. The van der Waals surface area contributed by atoms with E-state index in [1.165, 1.54) is 0 Å². The maximum atomic E-state index is 9.70. The molecule has 0 aliphatic rings. The van der Waals surface area contributed by atoms with Crippen LogP contribution in [0.1, 0.15) is 19.8 Å². The molecular weight excluding hydrogens is 236 g/mol. The molecule has 0 aliphatic heterocycles. The summed E-state index contributed by atoms with van der Waals surface area (Å²) >= 11 is 5.86. The standard InChI is InChI=1S/C13H15ClN2O/c1-2-3-8-16-12(9-15-13(16)17)10-4-6-11(14)7-5-10/h4-7,9H,2-3,8H2,1H3,(H,15,17). The lowest BCUT2D eigenvalue weighted by atomic mass is 10.1. The predicted octanol–water partition coefficient (Wildman–Crippen LogP) is 3.71. The molecule has 0 bridgehead atoms. The lowest BCUT2D eigenvalue weighted by molar-refractivity contribution is 0.396. The molecule has 0 radical (unpaired) electrons. The van der Waals surface area contributed by atoms with E-state index in [1.807, 2.05) is 28.8 Å². The van der Waals surface area contributed by atoms with Crippen molar-refractivity contribution in [3.8, 4) is 17.3 Å². The van der Waals surface area contributed by atoms with Gasteiger partial charge in [-0.3, -0.25) is 4.57 Å². The number of aromatic nitrogens is 2. The Labute approximate surface area is 106 Å². The molecule has 0 fully saturated rings. The fraction of sp³-hybridized carbons (Fsp3) is 0.308. The van der Waals surface area contributed by atoms with E-state index in [9.17, 15) is 5.11 Å². The molecule has 0 amide bonds. The van der Waals surface area contributed by atoms with Crippen LogP contribution in [0.4, 0.5) is 0 Å². The number of rotatable bonds is 4. The van der Waals surface area contributed by atoms with Crippen LogP contribution in [0.5, 0.6) is 6.01 Å². The Morgan fingerprint density at radius 3 is 2.65 bits per heavy atom. The highest BCUT2D eigenvalue weighted by atomic mass is 35.5. The molecule has 17 heavy (non-hydrogen) atoms. The van der Waals surface area contributed by atoms with Crippen LogP contribution in [0.2, 0.25) is 5.02 Å². The largest absolute Gasteiger partial charge is 0.480 e. The predicted molar refractivity (Wildman–Crippen MR) is 69.2 cm³/mol. The molecule has 90 valence electrons. The highest BCUT2D eigenvalue weighted by Gasteiger charge is 2.09. The van der Waals surface area contributed by atoms with Crippen molar-refractivity contribution < 1.29 is 5.11 Å². The third-order valence-corrected chi connectivity index (χ3v) is 2.96. The van der Waals surface area contributed by atoms with E-state index < -0.39 is 0 Å². The Balaban J connectivity index is 2.34. The lowest BCUT2D eigenvalue weighted by Gasteiger charge is -2.08. The molecule has 2 rings (SSSR count). The molecule has 0 unspecified atom stereocenters. The van der Waals surface area contributed by atoms with E-state index in [1.54, 1.807) is 6.20 Å². The first-order chi connectivity index (χ1) is 8.22. The molecule has 3 nitrogen and oxygen atoms in total. The SMILES string of the molecule is CCCCn1c(-c2ccc(Cl)cc2)cnc1O. The molecular formula is C13H15ClN2O. The zero-order valence-electron chi connectivity index (χ0n) is 9.73. The molecule has 0 aliphatic carbocycles. The summed E-state index contributed by atoms with van der Waals surface area (Å²) in [6.45, 7) is 2.90. The molecule has 0 saturated carbocycles. The summed E-state index contributed by atoms with van der Waals surface area (Å²) in [5.41, 5.74) is 1.94. The number of hydrogen-bond donors (Lipinski definition) is 1. The quantitative estimate of drug-likeness (QED) is 0.898. The van der Waals surface area contributed by atoms with Crippen LogP contribution in [0, 0.1) is 0 Å². The van der Waals surface area contributed by atoms with E-state index in [0.29, 0.717) is 5.02 Å². The van der Waals surface area contributed by atoms with E-state index in [4.69, 9.17) is 11.6 Å². The number of benzene rings is 1. The molecule has 1 heterocycles. The molecule has 1 aromatic carbocycles. The molecule has 2 aromatic rings. The summed E-state index contributed by atoms with van der Waals surface area (Å²) in [5.74, 6) is 0. The van der Waals surface area contributed by atoms with Gasteiger partial charge < -0.3 is 5.11 Å². The van der Waals surface area contributed by atoms with Crippen LogP contribution in [0.3, 0.4) is 0 Å². The summed E-state index contributed by atoms with van der Waals surface area (Å²) in [6, 6.07) is 7.61. The zero-order chi connectivity index (χ0) is 12.3. The van der Waals surface area contributed by atoms with Crippen LogP contribution in [-0.4, -0.2) is 14.7 Å². The summed E-state index contributed by atoms with van der Waals surface area (Å²) in [7, 11) is 0. The number of imidazole rings is 1. The van der Waals surface area contributed by atoms with Crippen molar-refractivity contribution >= 4 is 11.6 Å². The fourth-order valence-corrected chi connectivity index (χ4v) is 1.88. The molecule has 1 aromatic heterocycles. The maximum Gasteiger partial charge on any atom is 0.294 e. The van der Waals surface area contributed by atoms with Gasteiger partial charge >= 0.3 is 0 Å². The van der Waals surface area contributed by atoms with Crippen molar-refractivity contribution in [2.45, 2.75) is 26.3 Å². The summed E-state index contributed by atoms with van der Waals surface area (Å²) < 4.78 is 1.83. The molecule has 4 heteroatoms. The Bertz CT molecular complexity index is 491. The van der Waals surface area contributed by atoms with Crippen LogP contribution in [-0.2, 0) is 6.54 Å². The minimum atomic E-state index is 0.0726. The highest BCUT2D eigenvalue weighted by molar-refractivity contribution is 6.30. The van der Waals surface area contributed by atoms with E-state index >= 15 is 0 Å². The van der Waals surface area contributed by atoms with Crippen LogP contribution in [0.15, 0.2) is 30.5 Å². The first kappa shape index (κ1) is 12.0. The molecule has 1 N–H and O–H groups in total.